The van der Waals surface area contributed by atoms with Crippen molar-refractivity contribution in [2.45, 2.75) is 32.4 Å². The molecule has 0 saturated carbocycles. The number of carbonyl (C=O) groups excluding carboxylic acids is 4. The van der Waals surface area contributed by atoms with E-state index in [-0.39, 0.29) is 19.4 Å². The zero-order chi connectivity index (χ0) is 25.2. The first kappa shape index (κ1) is 25.4. The van der Waals surface area contributed by atoms with Crippen LogP contribution < -0.4 is 21.9 Å². The third-order valence-corrected chi connectivity index (χ3v) is 6.03. The van der Waals surface area contributed by atoms with Crippen LogP contribution in [0, 0.1) is 6.92 Å². The van der Waals surface area contributed by atoms with Crippen LogP contribution >= 0.6 is 11.3 Å². The number of nitrogens with two attached hydrogens (primary N) is 1. The lowest BCUT2D eigenvalue weighted by molar-refractivity contribution is -0.124. The molecule has 0 radical (unpaired) electrons. The predicted octanol–water partition coefficient (Wildman–Crippen LogP) is 2.44. The van der Waals surface area contributed by atoms with Crippen molar-refractivity contribution in [2.24, 2.45) is 5.73 Å². The van der Waals surface area contributed by atoms with Gasteiger partial charge in [-0.3, -0.25) is 25.2 Å². The molecule has 0 unspecified atom stereocenters. The number of rotatable bonds is 9. The number of ether oxygens (including phenoxy) is 1. The Morgan fingerprint density at radius 1 is 1.00 bits per heavy atom. The zero-order valence-electron chi connectivity index (χ0n) is 18.9. The number of hydrazine groups is 1. The Bertz CT molecular complexity index is 1180. The number of nitrogens with zero attached hydrogens (tertiary/aromatic N) is 1. The number of aryl methyl sites for hydroxylation is 1. The van der Waals surface area contributed by atoms with Crippen LogP contribution in [0.15, 0.2) is 60.7 Å². The van der Waals surface area contributed by atoms with Gasteiger partial charge in [-0.15, -0.1) is 11.3 Å². The number of carbonyl (C=O) groups is 4. The Morgan fingerprint density at radius 3 is 2.31 bits per heavy atom. The summed E-state index contributed by atoms with van der Waals surface area (Å²) >= 11 is 1.18. The Hall–Kier alpha value is -4.25. The lowest BCUT2D eigenvalue weighted by atomic mass is 10.1. The van der Waals surface area contributed by atoms with E-state index in [0.717, 1.165) is 11.1 Å². The Labute approximate surface area is 205 Å². The van der Waals surface area contributed by atoms with Crippen LogP contribution in [0.5, 0.6) is 0 Å². The first-order chi connectivity index (χ1) is 16.8. The van der Waals surface area contributed by atoms with Gasteiger partial charge in [0.1, 0.15) is 22.5 Å². The molecule has 182 valence electrons. The predicted molar refractivity (Wildman–Crippen MR) is 130 cm³/mol. The van der Waals surface area contributed by atoms with Gasteiger partial charge < -0.3 is 15.8 Å². The average molecular weight is 496 g/mol. The van der Waals surface area contributed by atoms with Crippen LogP contribution in [0.25, 0.3) is 10.6 Å². The largest absolute Gasteiger partial charge is 0.445 e. The van der Waals surface area contributed by atoms with E-state index in [1.54, 1.807) is 31.2 Å². The number of aromatic nitrogens is 1. The molecule has 0 saturated heterocycles. The van der Waals surface area contributed by atoms with Gasteiger partial charge >= 0.3 is 6.09 Å². The lowest BCUT2D eigenvalue weighted by Gasteiger charge is -2.18. The molecule has 4 amide bonds. The molecule has 1 heterocycles. The van der Waals surface area contributed by atoms with E-state index in [9.17, 15) is 19.2 Å². The summed E-state index contributed by atoms with van der Waals surface area (Å²) < 4.78 is 5.13. The van der Waals surface area contributed by atoms with Gasteiger partial charge in [0.15, 0.2) is 0 Å². The van der Waals surface area contributed by atoms with Crippen molar-refractivity contribution in [1.82, 2.24) is 21.2 Å². The average Bonchev–Trinajstić information content (AvgIpc) is 3.26. The molecule has 0 fully saturated rings. The molecule has 1 atom stereocenters. The quantitative estimate of drug-likeness (QED) is 0.335. The number of benzene rings is 2. The molecule has 0 aliphatic heterocycles. The number of alkyl carbamates (subject to hydrolysis) is 1. The smallest absolute Gasteiger partial charge is 0.408 e. The number of thiazole rings is 1. The van der Waals surface area contributed by atoms with Crippen molar-refractivity contribution >= 4 is 35.2 Å². The standard InChI is InChI=1S/C24H25N5O5S/c1-15-20(35-23(26-15)17-10-6-3-7-11-17)22(32)29-28-21(31)18(12-13-19(25)30)27-24(33)34-14-16-8-4-2-5-9-16/h2-11,18H,12-14H2,1H3,(H2,25,30)(H,27,33)(H,28,31)(H,29,32)/t18-/m0/s1. The molecule has 2 aromatic carbocycles. The first-order valence-corrected chi connectivity index (χ1v) is 11.5. The molecular formula is C24H25N5O5S. The molecule has 1 aromatic heterocycles. The summed E-state index contributed by atoms with van der Waals surface area (Å²) in [6.45, 7) is 1.70. The monoisotopic (exact) mass is 495 g/mol. The van der Waals surface area contributed by atoms with E-state index in [4.69, 9.17) is 10.5 Å². The van der Waals surface area contributed by atoms with Crippen LogP contribution in [0.1, 0.15) is 33.8 Å². The molecule has 0 aliphatic rings. The summed E-state index contributed by atoms with van der Waals surface area (Å²) in [4.78, 5) is 53.4. The lowest BCUT2D eigenvalue weighted by Crippen LogP contribution is -2.52. The van der Waals surface area contributed by atoms with Gasteiger partial charge in [0, 0.05) is 12.0 Å². The summed E-state index contributed by atoms with van der Waals surface area (Å²) in [5.74, 6) is -1.93. The molecule has 3 rings (SSSR count). The molecule has 3 aromatic rings. The van der Waals surface area contributed by atoms with Gasteiger partial charge in [-0.1, -0.05) is 60.7 Å². The molecule has 35 heavy (non-hydrogen) atoms. The maximum Gasteiger partial charge on any atom is 0.408 e. The van der Waals surface area contributed by atoms with Crippen LogP contribution in [0.3, 0.4) is 0 Å². The summed E-state index contributed by atoms with van der Waals surface area (Å²) in [7, 11) is 0. The molecule has 10 nitrogen and oxygen atoms in total. The van der Waals surface area contributed by atoms with E-state index in [0.29, 0.717) is 15.6 Å². The highest BCUT2D eigenvalue weighted by Crippen LogP contribution is 2.27. The Balaban J connectivity index is 1.58. The van der Waals surface area contributed by atoms with E-state index in [1.165, 1.54) is 11.3 Å². The first-order valence-electron chi connectivity index (χ1n) is 10.7. The van der Waals surface area contributed by atoms with Gasteiger partial charge in [-0.2, -0.15) is 0 Å². The van der Waals surface area contributed by atoms with Gasteiger partial charge in [0.25, 0.3) is 11.8 Å². The SMILES string of the molecule is Cc1nc(-c2ccccc2)sc1C(=O)NNC(=O)[C@H](CCC(N)=O)NC(=O)OCc1ccccc1. The van der Waals surface area contributed by atoms with Crippen molar-refractivity contribution in [3.63, 3.8) is 0 Å². The fourth-order valence-electron chi connectivity index (χ4n) is 3.04. The maximum atomic E-state index is 12.7. The highest BCUT2D eigenvalue weighted by atomic mass is 32.1. The van der Waals surface area contributed by atoms with Gasteiger partial charge in [-0.05, 0) is 18.9 Å². The zero-order valence-corrected chi connectivity index (χ0v) is 19.8. The maximum absolute atomic E-state index is 12.7. The highest BCUT2D eigenvalue weighted by Gasteiger charge is 2.24. The number of hydrogen-bond donors (Lipinski definition) is 4. The van der Waals surface area contributed by atoms with Crippen molar-refractivity contribution in [3.8, 4) is 10.6 Å². The number of amides is 4. The number of hydrogen-bond acceptors (Lipinski definition) is 7. The molecule has 5 N–H and O–H groups in total. The van der Waals surface area contributed by atoms with Crippen LogP contribution in [0.4, 0.5) is 4.79 Å². The van der Waals surface area contributed by atoms with Gasteiger partial charge in [-0.25, -0.2) is 9.78 Å². The summed E-state index contributed by atoms with van der Waals surface area (Å²) in [5, 5.41) is 3.07. The minimum atomic E-state index is -1.16. The normalized spacial score (nSPS) is 11.2. The highest BCUT2D eigenvalue weighted by molar-refractivity contribution is 7.17. The van der Waals surface area contributed by atoms with Crippen LogP contribution in [-0.2, 0) is 20.9 Å². The number of nitrogens with one attached hydrogen (secondary N) is 3. The van der Waals surface area contributed by atoms with Gasteiger partial charge in [0.2, 0.25) is 5.91 Å². The summed E-state index contributed by atoms with van der Waals surface area (Å²) in [6, 6.07) is 17.2. The Morgan fingerprint density at radius 2 is 1.66 bits per heavy atom. The molecule has 11 heteroatoms. The van der Waals surface area contributed by atoms with E-state index in [1.807, 2.05) is 36.4 Å². The van der Waals surface area contributed by atoms with Crippen LogP contribution in [0.2, 0.25) is 0 Å². The van der Waals surface area contributed by atoms with E-state index >= 15 is 0 Å². The second-order valence-corrected chi connectivity index (χ2v) is 8.51. The van der Waals surface area contributed by atoms with Crippen molar-refractivity contribution < 1.29 is 23.9 Å². The van der Waals surface area contributed by atoms with Crippen molar-refractivity contribution in [3.05, 3.63) is 76.8 Å². The Kier molecular flexibility index (Phi) is 8.90. The second kappa shape index (κ2) is 12.3. The topological polar surface area (TPSA) is 153 Å². The van der Waals surface area contributed by atoms with Gasteiger partial charge in [0.05, 0.1) is 5.69 Å². The van der Waals surface area contributed by atoms with Crippen molar-refractivity contribution in [1.29, 1.82) is 0 Å². The van der Waals surface area contributed by atoms with E-state index in [2.05, 4.69) is 21.2 Å². The summed E-state index contributed by atoms with van der Waals surface area (Å²) in [6.07, 6.45) is -1.08. The molecule has 0 aliphatic carbocycles. The van der Waals surface area contributed by atoms with Crippen LogP contribution in [-0.4, -0.2) is 34.8 Å². The van der Waals surface area contributed by atoms with E-state index < -0.39 is 29.9 Å². The summed E-state index contributed by atoms with van der Waals surface area (Å²) in [5.41, 5.74) is 11.9. The minimum Gasteiger partial charge on any atom is -0.445 e. The third-order valence-electron chi connectivity index (χ3n) is 4.82. The number of primary amides is 1. The molecule has 0 spiro atoms. The molecular weight excluding hydrogens is 470 g/mol. The van der Waals surface area contributed by atoms with Crippen molar-refractivity contribution in [2.75, 3.05) is 0 Å². The minimum absolute atomic E-state index is 0.00195. The second-order valence-electron chi connectivity index (χ2n) is 7.51. The molecule has 0 bridgehead atoms. The third kappa shape index (κ3) is 7.64. The fraction of sp³-hybridized carbons (Fsp3) is 0.208. The fourth-order valence-corrected chi connectivity index (χ4v) is 4.00.